The van der Waals surface area contributed by atoms with Gasteiger partial charge in [0, 0.05) is 25.7 Å². The number of carbonyl (C=O) groups excluding carboxylic acids is 1. The van der Waals surface area contributed by atoms with Crippen molar-refractivity contribution in [3.8, 4) is 11.8 Å². The van der Waals surface area contributed by atoms with E-state index in [2.05, 4.69) is 16.8 Å². The molecule has 1 aliphatic carbocycles. The zero-order valence-corrected chi connectivity index (χ0v) is 12.5. The normalized spacial score (nSPS) is 15.1. The third kappa shape index (κ3) is 4.05. The molecular weight excluding hydrogens is 264 g/mol. The highest BCUT2D eigenvalue weighted by Crippen LogP contribution is 2.23. The zero-order valence-electron chi connectivity index (χ0n) is 12.5. The molecule has 4 nitrogen and oxygen atoms in total. The summed E-state index contributed by atoms with van der Waals surface area (Å²) in [5, 5.41) is 8.79. The van der Waals surface area contributed by atoms with Crippen molar-refractivity contribution in [3.05, 3.63) is 29.6 Å². The third-order valence-corrected chi connectivity index (χ3v) is 3.91. The smallest absolute Gasteiger partial charge is 0.273 e. The van der Waals surface area contributed by atoms with Crippen LogP contribution in [0.5, 0.6) is 0 Å². The quantitative estimate of drug-likeness (QED) is 0.867. The Kier molecular flexibility index (Phi) is 5.77. The standard InChI is InChI=1S/C17H22N2O2/c1-19(15-10-3-2-4-11-15)17(21)16-14(8-5-6-13-20)9-7-12-18-16/h7,9,12,15,20H,2-4,6,10-11,13H2,1H3. The fraction of sp³-hybridized carbons (Fsp3) is 0.529. The summed E-state index contributed by atoms with van der Waals surface area (Å²) in [4.78, 5) is 18.7. The SMILES string of the molecule is CN(C(=O)c1ncccc1C#CCCO)C1CCCCC1. The van der Waals surface area contributed by atoms with Gasteiger partial charge in [0.05, 0.1) is 12.2 Å². The van der Waals surface area contributed by atoms with E-state index < -0.39 is 0 Å². The molecule has 1 N–H and O–H groups in total. The van der Waals surface area contributed by atoms with Gasteiger partial charge in [-0.15, -0.1) is 0 Å². The number of pyridine rings is 1. The van der Waals surface area contributed by atoms with Crippen molar-refractivity contribution in [3.63, 3.8) is 0 Å². The highest BCUT2D eigenvalue weighted by atomic mass is 16.2. The van der Waals surface area contributed by atoms with E-state index in [9.17, 15) is 4.79 Å². The third-order valence-electron chi connectivity index (χ3n) is 3.91. The second-order valence-corrected chi connectivity index (χ2v) is 5.38. The molecule has 1 aromatic heterocycles. The maximum absolute atomic E-state index is 12.6. The number of aromatic nitrogens is 1. The Morgan fingerprint density at radius 3 is 2.90 bits per heavy atom. The number of aliphatic hydroxyl groups excluding tert-OH is 1. The number of hydrogen-bond acceptors (Lipinski definition) is 3. The minimum absolute atomic E-state index is 0.0263. The van der Waals surface area contributed by atoms with Crippen LogP contribution in [0.4, 0.5) is 0 Å². The predicted molar refractivity (Wildman–Crippen MR) is 81.8 cm³/mol. The van der Waals surface area contributed by atoms with E-state index in [1.54, 1.807) is 18.3 Å². The fourth-order valence-electron chi connectivity index (χ4n) is 2.69. The van der Waals surface area contributed by atoms with Crippen LogP contribution in [0.25, 0.3) is 0 Å². The summed E-state index contributed by atoms with van der Waals surface area (Å²) < 4.78 is 0. The van der Waals surface area contributed by atoms with Crippen molar-refractivity contribution in [2.45, 2.75) is 44.6 Å². The van der Waals surface area contributed by atoms with Crippen molar-refractivity contribution in [2.75, 3.05) is 13.7 Å². The van der Waals surface area contributed by atoms with Gasteiger partial charge in [0.25, 0.3) is 5.91 Å². The van der Waals surface area contributed by atoms with E-state index in [4.69, 9.17) is 5.11 Å². The summed E-state index contributed by atoms with van der Waals surface area (Å²) in [5.74, 6) is 5.73. The van der Waals surface area contributed by atoms with E-state index in [0.717, 1.165) is 12.8 Å². The van der Waals surface area contributed by atoms with Gasteiger partial charge in [0.1, 0.15) is 5.69 Å². The van der Waals surface area contributed by atoms with Crippen molar-refractivity contribution in [2.24, 2.45) is 0 Å². The van der Waals surface area contributed by atoms with Crippen molar-refractivity contribution < 1.29 is 9.90 Å². The van der Waals surface area contributed by atoms with Crippen LogP contribution >= 0.6 is 0 Å². The molecule has 0 aliphatic heterocycles. The van der Waals surface area contributed by atoms with E-state index in [-0.39, 0.29) is 12.5 Å². The molecule has 0 spiro atoms. The molecule has 0 atom stereocenters. The minimum atomic E-state index is -0.0594. The number of amides is 1. The molecule has 0 saturated heterocycles. The van der Waals surface area contributed by atoms with Gasteiger partial charge in [0.15, 0.2) is 0 Å². The molecule has 1 aliphatic rings. The van der Waals surface area contributed by atoms with Gasteiger partial charge >= 0.3 is 0 Å². The lowest BCUT2D eigenvalue weighted by atomic mass is 9.94. The van der Waals surface area contributed by atoms with Crippen LogP contribution in [0, 0.1) is 11.8 Å². The molecule has 0 bridgehead atoms. The maximum atomic E-state index is 12.6. The van der Waals surface area contributed by atoms with Crippen LogP contribution in [0.15, 0.2) is 18.3 Å². The lowest BCUT2D eigenvalue weighted by Gasteiger charge is -2.31. The second-order valence-electron chi connectivity index (χ2n) is 5.38. The molecule has 4 heteroatoms. The topological polar surface area (TPSA) is 53.4 Å². The van der Waals surface area contributed by atoms with Gasteiger partial charge < -0.3 is 10.0 Å². The van der Waals surface area contributed by atoms with Gasteiger partial charge in [-0.25, -0.2) is 4.98 Å². The molecule has 0 aromatic carbocycles. The van der Waals surface area contributed by atoms with Crippen LogP contribution in [-0.2, 0) is 0 Å². The lowest BCUT2D eigenvalue weighted by Crippen LogP contribution is -2.39. The van der Waals surface area contributed by atoms with Gasteiger partial charge in [-0.2, -0.15) is 0 Å². The zero-order chi connectivity index (χ0) is 15.1. The maximum Gasteiger partial charge on any atom is 0.273 e. The van der Waals surface area contributed by atoms with E-state index in [1.807, 2.05) is 11.9 Å². The van der Waals surface area contributed by atoms with Gasteiger partial charge in [-0.1, -0.05) is 31.1 Å². The van der Waals surface area contributed by atoms with E-state index in [0.29, 0.717) is 23.7 Å². The first-order valence-corrected chi connectivity index (χ1v) is 7.56. The number of aliphatic hydroxyl groups is 1. The first-order valence-electron chi connectivity index (χ1n) is 7.56. The van der Waals surface area contributed by atoms with Crippen LogP contribution in [0.3, 0.4) is 0 Å². The molecule has 1 heterocycles. The van der Waals surface area contributed by atoms with Crippen LogP contribution < -0.4 is 0 Å². The molecule has 2 rings (SSSR count). The summed E-state index contributed by atoms with van der Waals surface area (Å²) in [6, 6.07) is 3.89. The van der Waals surface area contributed by atoms with Crippen molar-refractivity contribution in [1.82, 2.24) is 9.88 Å². The average molecular weight is 286 g/mol. The second kappa shape index (κ2) is 7.80. The van der Waals surface area contributed by atoms with Crippen LogP contribution in [0.2, 0.25) is 0 Å². The lowest BCUT2D eigenvalue weighted by molar-refractivity contribution is 0.0690. The largest absolute Gasteiger partial charge is 0.395 e. The van der Waals surface area contributed by atoms with Crippen molar-refractivity contribution in [1.29, 1.82) is 0 Å². The number of nitrogens with zero attached hydrogens (tertiary/aromatic N) is 2. The molecule has 21 heavy (non-hydrogen) atoms. The highest BCUT2D eigenvalue weighted by molar-refractivity contribution is 5.94. The number of rotatable bonds is 3. The first-order chi connectivity index (χ1) is 10.2. The Hall–Kier alpha value is -1.86. The van der Waals surface area contributed by atoms with Crippen LogP contribution in [0.1, 0.15) is 54.6 Å². The van der Waals surface area contributed by atoms with Gasteiger partial charge in [-0.3, -0.25) is 4.79 Å². The Bertz CT molecular complexity index is 539. The number of carbonyl (C=O) groups is 1. The molecule has 112 valence electrons. The van der Waals surface area contributed by atoms with Gasteiger partial charge in [0.2, 0.25) is 0 Å². The Morgan fingerprint density at radius 2 is 2.19 bits per heavy atom. The number of hydrogen-bond donors (Lipinski definition) is 1. The molecule has 1 saturated carbocycles. The monoisotopic (exact) mass is 286 g/mol. The summed E-state index contributed by atoms with van der Waals surface area (Å²) in [5.41, 5.74) is 1.05. The highest BCUT2D eigenvalue weighted by Gasteiger charge is 2.24. The summed E-state index contributed by atoms with van der Waals surface area (Å²) in [6.45, 7) is 0.0263. The molecule has 0 radical (unpaired) electrons. The summed E-state index contributed by atoms with van der Waals surface area (Å²) in [6.07, 6.45) is 7.81. The summed E-state index contributed by atoms with van der Waals surface area (Å²) in [7, 11) is 1.86. The molecule has 1 amide bonds. The minimum Gasteiger partial charge on any atom is -0.395 e. The van der Waals surface area contributed by atoms with Gasteiger partial charge in [-0.05, 0) is 25.0 Å². The van der Waals surface area contributed by atoms with E-state index >= 15 is 0 Å². The Balaban J connectivity index is 2.16. The molecular formula is C17H22N2O2. The molecule has 0 unspecified atom stereocenters. The molecule has 1 aromatic rings. The first kappa shape index (κ1) is 15.5. The fourth-order valence-corrected chi connectivity index (χ4v) is 2.69. The van der Waals surface area contributed by atoms with Crippen molar-refractivity contribution >= 4 is 5.91 Å². The molecule has 1 fully saturated rings. The van der Waals surface area contributed by atoms with E-state index in [1.165, 1.54) is 19.3 Å². The summed E-state index contributed by atoms with van der Waals surface area (Å²) >= 11 is 0. The Labute approximate surface area is 126 Å². The predicted octanol–water partition coefficient (Wildman–Crippen LogP) is 2.22. The van der Waals surface area contributed by atoms with Crippen LogP contribution in [-0.4, -0.2) is 40.6 Å². The Morgan fingerprint density at radius 1 is 1.43 bits per heavy atom. The average Bonchev–Trinajstić information content (AvgIpc) is 2.55.